The van der Waals surface area contributed by atoms with Crippen molar-refractivity contribution in [3.8, 4) is 17.3 Å². The van der Waals surface area contributed by atoms with Gasteiger partial charge in [-0.1, -0.05) is 35.9 Å². The van der Waals surface area contributed by atoms with Crippen molar-refractivity contribution in [2.75, 3.05) is 29.1 Å². The predicted octanol–water partition coefficient (Wildman–Crippen LogP) is 4.90. The molecule has 0 unspecified atom stereocenters. The van der Waals surface area contributed by atoms with Crippen molar-refractivity contribution in [1.29, 1.82) is 0 Å². The zero-order valence-electron chi connectivity index (χ0n) is 28.2. The Hall–Kier alpha value is -6.76. The Morgan fingerprint density at radius 2 is 1.65 bits per heavy atom. The zero-order chi connectivity index (χ0) is 39.2. The van der Waals surface area contributed by atoms with Gasteiger partial charge in [0.15, 0.2) is 18.8 Å². The van der Waals surface area contributed by atoms with Crippen LogP contribution in [0.1, 0.15) is 28.8 Å². The Kier molecular flexibility index (Phi) is 11.1. The van der Waals surface area contributed by atoms with Crippen molar-refractivity contribution in [2.45, 2.75) is 30.6 Å². The summed E-state index contributed by atoms with van der Waals surface area (Å²) in [7, 11) is 0. The first-order valence-electron chi connectivity index (χ1n) is 16.2. The molecular weight excluding hydrogens is 751 g/mol. The van der Waals surface area contributed by atoms with E-state index in [0.717, 1.165) is 5.56 Å². The summed E-state index contributed by atoms with van der Waals surface area (Å²) in [6.07, 6.45) is -0.567. The van der Waals surface area contributed by atoms with E-state index in [0.29, 0.717) is 34.9 Å². The maximum absolute atomic E-state index is 12.9. The first-order valence-corrected chi connectivity index (χ1v) is 16.6. The summed E-state index contributed by atoms with van der Waals surface area (Å²) >= 11 is 6.02. The van der Waals surface area contributed by atoms with Crippen molar-refractivity contribution in [3.05, 3.63) is 102 Å². The number of carbonyl (C=O) groups excluding carboxylic acids is 3. The number of oxazole rings is 1. The monoisotopic (exact) mass is 779 g/mol. The summed E-state index contributed by atoms with van der Waals surface area (Å²) in [5, 5.41) is 23.1. The third kappa shape index (κ3) is 10.2. The minimum Gasteiger partial charge on any atom is -0.480 e. The molecule has 1 saturated carbocycles. The highest BCUT2D eigenvalue weighted by Crippen LogP contribution is 2.48. The average molecular weight is 780 g/mol. The number of aliphatic carboxylic acids is 1. The molecule has 6 rings (SSSR count). The van der Waals surface area contributed by atoms with Crippen LogP contribution in [0.4, 0.5) is 36.4 Å². The number of carbonyl (C=O) groups is 4. The highest BCUT2D eigenvalue weighted by Gasteiger charge is 2.45. The minimum absolute atomic E-state index is 0.0124. The van der Waals surface area contributed by atoms with E-state index in [2.05, 4.69) is 46.5 Å². The summed E-state index contributed by atoms with van der Waals surface area (Å²) < 4.78 is 48.8. The van der Waals surface area contributed by atoms with Gasteiger partial charge in [0.05, 0.1) is 11.7 Å². The molecule has 1 aliphatic rings. The third-order valence-corrected chi connectivity index (χ3v) is 8.25. The molecule has 0 aliphatic heterocycles. The largest absolute Gasteiger partial charge is 0.480 e. The van der Waals surface area contributed by atoms with Gasteiger partial charge in [-0.3, -0.25) is 14.4 Å². The number of carboxylic acids is 1. The number of benzene rings is 3. The Labute approximate surface area is 313 Å². The molecule has 2 aromatic heterocycles. The molecule has 20 heteroatoms. The Morgan fingerprint density at radius 3 is 2.31 bits per heavy atom. The lowest BCUT2D eigenvalue weighted by molar-refractivity contribution is -0.154. The van der Waals surface area contributed by atoms with E-state index in [9.17, 15) is 37.5 Å². The average Bonchev–Trinajstić information content (AvgIpc) is 3.70. The van der Waals surface area contributed by atoms with Crippen LogP contribution < -0.4 is 31.3 Å². The van der Waals surface area contributed by atoms with Crippen LogP contribution >= 0.6 is 11.6 Å². The van der Waals surface area contributed by atoms with Crippen LogP contribution in [-0.4, -0.2) is 74.1 Å². The molecule has 5 aromatic rings. The minimum atomic E-state index is -4.65. The number of amides is 3. The van der Waals surface area contributed by atoms with Gasteiger partial charge in [-0.2, -0.15) is 28.1 Å². The van der Waals surface area contributed by atoms with Crippen molar-refractivity contribution < 1.29 is 46.6 Å². The number of aromatic nitrogens is 4. The van der Waals surface area contributed by atoms with Gasteiger partial charge in [-0.25, -0.2) is 9.78 Å². The number of anilines is 4. The predicted molar refractivity (Wildman–Crippen MR) is 190 cm³/mol. The highest BCUT2D eigenvalue weighted by molar-refractivity contribution is 6.39. The van der Waals surface area contributed by atoms with E-state index in [1.165, 1.54) is 42.9 Å². The fraction of sp³-hybridized carbons (Fsp3) is 0.200. The quantitative estimate of drug-likeness (QED) is 0.0827. The smallest absolute Gasteiger partial charge is 0.422 e. The SMILES string of the molecule is O=C(NC[C@H](NC(=O)c1ccc(Nc2nc(NC3(c4ccc(Cl)cc4)CC3)nc(OCC(F)(F)F)n2)cc1)C(=O)O)C(=O)Nc1cccc(-c2cnco2)c1. The molecule has 0 saturated heterocycles. The fourth-order valence-corrected chi connectivity index (χ4v) is 5.25. The lowest BCUT2D eigenvalue weighted by Gasteiger charge is -2.19. The van der Waals surface area contributed by atoms with Crippen molar-refractivity contribution >= 4 is 58.6 Å². The van der Waals surface area contributed by atoms with Gasteiger partial charge in [-0.15, -0.1) is 0 Å². The first-order chi connectivity index (χ1) is 26.2. The topological polar surface area (TPSA) is 223 Å². The number of nitrogens with zero attached hydrogens (tertiary/aromatic N) is 4. The standard InChI is InChI=1S/C35H29ClF3N9O7/c36-22-8-6-21(7-9-22)34(12-13-34)48-32-45-31(46-33(47-32)54-17-35(37,38)39)43-23-10-4-19(5-11-23)27(49)44-25(30(52)53)15-41-28(50)29(51)42-24-3-1-2-20(14-24)26-16-40-18-55-26/h1-11,14,16,18,25H,12-13,15,17H2,(H,41,50)(H,42,51)(H,44,49)(H,52,53)(H2,43,45,46,47,48)/t25-/m0/s1. The second kappa shape index (κ2) is 16.1. The molecule has 3 amide bonds. The number of rotatable bonds is 14. The van der Waals surface area contributed by atoms with Gasteiger partial charge in [0, 0.05) is 34.1 Å². The number of ether oxygens (including phenoxy) is 1. The van der Waals surface area contributed by atoms with Crippen LogP contribution in [0.2, 0.25) is 5.02 Å². The lowest BCUT2D eigenvalue weighted by atomic mass is 10.1. The van der Waals surface area contributed by atoms with Gasteiger partial charge >= 0.3 is 30.0 Å². The van der Waals surface area contributed by atoms with Gasteiger partial charge in [-0.05, 0) is 66.9 Å². The molecule has 16 nitrogen and oxygen atoms in total. The van der Waals surface area contributed by atoms with Crippen LogP contribution in [0.25, 0.3) is 11.3 Å². The lowest BCUT2D eigenvalue weighted by Crippen LogP contribution is -2.50. The van der Waals surface area contributed by atoms with E-state index < -0.39 is 60.6 Å². The summed E-state index contributed by atoms with van der Waals surface area (Å²) in [4.78, 5) is 65.8. The van der Waals surface area contributed by atoms with Crippen molar-refractivity contribution in [3.63, 3.8) is 0 Å². The summed E-state index contributed by atoms with van der Waals surface area (Å²) in [6, 6.07) is 16.7. The Balaban J connectivity index is 1.07. The third-order valence-electron chi connectivity index (χ3n) is 7.99. The molecule has 1 fully saturated rings. The molecule has 0 bridgehead atoms. The maximum Gasteiger partial charge on any atom is 0.422 e. The molecule has 0 radical (unpaired) electrons. The number of alkyl halides is 3. The second-order valence-electron chi connectivity index (χ2n) is 12.1. The van der Waals surface area contributed by atoms with Gasteiger partial charge in [0.1, 0.15) is 6.04 Å². The van der Waals surface area contributed by atoms with Gasteiger partial charge in [0.25, 0.3) is 5.91 Å². The molecular formula is C35H29ClF3N9O7. The van der Waals surface area contributed by atoms with Crippen LogP contribution in [0.15, 0.2) is 89.8 Å². The molecule has 0 spiro atoms. The van der Waals surface area contributed by atoms with Crippen LogP contribution in [0, 0.1) is 0 Å². The van der Waals surface area contributed by atoms with E-state index in [1.807, 2.05) is 12.1 Å². The van der Waals surface area contributed by atoms with Crippen LogP contribution in [0.3, 0.4) is 0 Å². The highest BCUT2D eigenvalue weighted by atomic mass is 35.5. The normalized spacial score (nSPS) is 13.5. The number of hydrogen-bond donors (Lipinski definition) is 6. The van der Waals surface area contributed by atoms with Gasteiger partial charge < -0.3 is 40.8 Å². The van der Waals surface area contributed by atoms with E-state index in [4.69, 9.17) is 20.8 Å². The molecule has 55 heavy (non-hydrogen) atoms. The Bertz CT molecular complexity index is 2190. The Morgan fingerprint density at radius 1 is 0.927 bits per heavy atom. The summed E-state index contributed by atoms with van der Waals surface area (Å²) in [6.45, 7) is -2.27. The molecule has 3 aromatic carbocycles. The number of carboxylic acid groups (broad SMARTS) is 1. The van der Waals surface area contributed by atoms with Crippen LogP contribution in [-0.2, 0) is 19.9 Å². The van der Waals surface area contributed by atoms with E-state index in [-0.39, 0.29) is 23.1 Å². The second-order valence-corrected chi connectivity index (χ2v) is 12.5. The number of hydrogen-bond acceptors (Lipinski definition) is 12. The number of halogens is 4. The van der Waals surface area contributed by atoms with E-state index >= 15 is 0 Å². The molecule has 1 aliphatic carbocycles. The van der Waals surface area contributed by atoms with Crippen LogP contribution in [0.5, 0.6) is 6.01 Å². The molecule has 1 atom stereocenters. The molecule has 2 heterocycles. The van der Waals surface area contributed by atoms with Crippen molar-refractivity contribution in [2.24, 2.45) is 0 Å². The molecule has 6 N–H and O–H groups in total. The summed E-state index contributed by atoms with van der Waals surface area (Å²) in [5.74, 6) is -4.34. The van der Waals surface area contributed by atoms with E-state index in [1.54, 1.807) is 30.3 Å². The summed E-state index contributed by atoms with van der Waals surface area (Å²) in [5.41, 5.74) is 1.46. The maximum atomic E-state index is 12.9. The zero-order valence-corrected chi connectivity index (χ0v) is 28.9. The fourth-order valence-electron chi connectivity index (χ4n) is 5.12. The van der Waals surface area contributed by atoms with Gasteiger partial charge in [0.2, 0.25) is 11.9 Å². The van der Waals surface area contributed by atoms with Crippen molar-refractivity contribution in [1.82, 2.24) is 30.6 Å². The number of nitrogens with one attached hydrogen (secondary N) is 5. The first kappa shape index (κ1) is 38.0. The molecule has 284 valence electrons.